The van der Waals surface area contributed by atoms with Gasteiger partial charge >= 0.3 is 0 Å². The monoisotopic (exact) mass is 408 g/mol. The van der Waals surface area contributed by atoms with E-state index in [1.165, 1.54) is 11.1 Å². The number of carbonyl (C=O) groups excluding carboxylic acids is 2. The maximum absolute atomic E-state index is 12.3. The molecule has 1 heterocycles. The molecule has 0 radical (unpaired) electrons. The molecule has 2 amide bonds. The van der Waals surface area contributed by atoms with E-state index in [1.54, 1.807) is 6.26 Å². The normalized spacial score (nSPS) is 11.0. The first-order valence-corrected chi connectivity index (χ1v) is 10.0. The molecule has 30 heavy (non-hydrogen) atoms. The van der Waals surface area contributed by atoms with Crippen LogP contribution in [0.25, 0.3) is 11.0 Å². The highest BCUT2D eigenvalue weighted by atomic mass is 16.5. The van der Waals surface area contributed by atoms with E-state index in [1.807, 2.05) is 38.1 Å². The van der Waals surface area contributed by atoms with Crippen LogP contribution in [0.4, 0.5) is 0 Å². The number of fused-ring (bicyclic) bond motifs is 1. The van der Waals surface area contributed by atoms with Gasteiger partial charge in [-0.2, -0.15) is 0 Å². The summed E-state index contributed by atoms with van der Waals surface area (Å²) in [5, 5.41) is 0.920. The molecule has 0 fully saturated rings. The van der Waals surface area contributed by atoms with Crippen LogP contribution < -0.4 is 15.6 Å². The van der Waals surface area contributed by atoms with E-state index in [4.69, 9.17) is 9.15 Å². The van der Waals surface area contributed by atoms with E-state index in [-0.39, 0.29) is 18.9 Å². The molecule has 2 N–H and O–H groups in total. The number of aryl methyl sites for hydroxylation is 3. The molecule has 3 aromatic rings. The van der Waals surface area contributed by atoms with Crippen molar-refractivity contribution in [1.82, 2.24) is 10.9 Å². The van der Waals surface area contributed by atoms with Crippen LogP contribution in [0.1, 0.15) is 47.6 Å². The first-order valence-electron chi connectivity index (χ1n) is 10.0. The van der Waals surface area contributed by atoms with Gasteiger partial charge in [0.25, 0.3) is 5.91 Å². The number of rotatable bonds is 6. The summed E-state index contributed by atoms with van der Waals surface area (Å²) in [6, 6.07) is 9.85. The fourth-order valence-corrected chi connectivity index (χ4v) is 3.56. The number of para-hydroxylation sites is 1. The van der Waals surface area contributed by atoms with Gasteiger partial charge in [-0.15, -0.1) is 0 Å². The molecule has 0 aliphatic rings. The number of nitrogens with one attached hydrogen (secondary N) is 2. The summed E-state index contributed by atoms with van der Waals surface area (Å²) < 4.78 is 11.2. The predicted molar refractivity (Wildman–Crippen MR) is 116 cm³/mol. The lowest BCUT2D eigenvalue weighted by Crippen LogP contribution is -2.44. The molecule has 0 saturated carbocycles. The number of benzene rings is 2. The quantitative estimate of drug-likeness (QED) is 0.598. The van der Waals surface area contributed by atoms with Gasteiger partial charge in [-0.1, -0.05) is 32.0 Å². The van der Waals surface area contributed by atoms with Crippen molar-refractivity contribution in [2.75, 3.05) is 6.61 Å². The lowest BCUT2D eigenvalue weighted by atomic mass is 9.95. The van der Waals surface area contributed by atoms with Gasteiger partial charge in [0.15, 0.2) is 6.61 Å². The molecule has 0 unspecified atom stereocenters. The maximum Gasteiger partial charge on any atom is 0.276 e. The highest BCUT2D eigenvalue weighted by Crippen LogP contribution is 2.29. The largest absolute Gasteiger partial charge is 0.483 e. The highest BCUT2D eigenvalue weighted by molar-refractivity contribution is 5.89. The number of ether oxygens (including phenoxy) is 1. The van der Waals surface area contributed by atoms with Crippen molar-refractivity contribution >= 4 is 22.8 Å². The minimum Gasteiger partial charge on any atom is -0.483 e. The summed E-state index contributed by atoms with van der Waals surface area (Å²) in [6.07, 6.45) is 1.70. The van der Waals surface area contributed by atoms with Crippen molar-refractivity contribution in [2.24, 2.45) is 0 Å². The molecule has 0 aliphatic carbocycles. The van der Waals surface area contributed by atoms with Crippen LogP contribution in [-0.4, -0.2) is 18.4 Å². The average molecular weight is 408 g/mol. The standard InChI is InChI=1S/C24H28N2O4/c1-14(2)19-11-20-18(12-29-21(20)9-17(19)5)10-22(27)25-26-23(28)13-30-24-15(3)7-6-8-16(24)4/h6-9,11-12,14H,10,13H2,1-5H3,(H,25,27)(H,26,28). The van der Waals surface area contributed by atoms with Gasteiger partial charge in [0.1, 0.15) is 11.3 Å². The lowest BCUT2D eigenvalue weighted by molar-refractivity contribution is -0.129. The Bertz CT molecular complexity index is 1060. The Hall–Kier alpha value is -3.28. The van der Waals surface area contributed by atoms with E-state index < -0.39 is 5.91 Å². The smallest absolute Gasteiger partial charge is 0.276 e. The lowest BCUT2D eigenvalue weighted by Gasteiger charge is -2.12. The Labute approximate surface area is 176 Å². The molecular formula is C24H28N2O4. The van der Waals surface area contributed by atoms with Crippen molar-refractivity contribution in [3.05, 3.63) is 64.4 Å². The molecule has 0 saturated heterocycles. The SMILES string of the molecule is Cc1cc2occ(CC(=O)NNC(=O)COc3c(C)cccc3C)c2cc1C(C)C. The van der Waals surface area contributed by atoms with Gasteiger partial charge < -0.3 is 9.15 Å². The number of furan rings is 1. The van der Waals surface area contributed by atoms with Crippen LogP contribution in [0, 0.1) is 20.8 Å². The Morgan fingerprint density at radius 1 is 1.00 bits per heavy atom. The van der Waals surface area contributed by atoms with Crippen molar-refractivity contribution in [3.63, 3.8) is 0 Å². The van der Waals surface area contributed by atoms with Gasteiger partial charge in [-0.05, 0) is 61.1 Å². The first kappa shape index (κ1) is 21.4. The maximum atomic E-state index is 12.3. The van der Waals surface area contributed by atoms with Crippen LogP contribution in [-0.2, 0) is 16.0 Å². The summed E-state index contributed by atoms with van der Waals surface area (Å²) in [5.74, 6) is 0.299. The van der Waals surface area contributed by atoms with E-state index in [2.05, 4.69) is 37.7 Å². The number of carbonyl (C=O) groups is 2. The minimum absolute atomic E-state index is 0.103. The molecule has 6 heteroatoms. The van der Waals surface area contributed by atoms with E-state index >= 15 is 0 Å². The second-order valence-electron chi connectivity index (χ2n) is 7.90. The summed E-state index contributed by atoms with van der Waals surface area (Å²) >= 11 is 0. The first-order chi connectivity index (χ1) is 14.3. The minimum atomic E-state index is -0.430. The van der Waals surface area contributed by atoms with Crippen molar-refractivity contribution in [2.45, 2.75) is 47.0 Å². The zero-order chi connectivity index (χ0) is 21.8. The molecule has 6 nitrogen and oxygen atoms in total. The fourth-order valence-electron chi connectivity index (χ4n) is 3.56. The van der Waals surface area contributed by atoms with E-state index in [0.29, 0.717) is 11.7 Å². The second-order valence-corrected chi connectivity index (χ2v) is 7.90. The van der Waals surface area contributed by atoms with Gasteiger partial charge in [0.2, 0.25) is 5.91 Å². The van der Waals surface area contributed by atoms with Crippen molar-refractivity contribution < 1.29 is 18.7 Å². The van der Waals surface area contributed by atoms with Crippen molar-refractivity contribution in [3.8, 4) is 5.75 Å². The van der Waals surface area contributed by atoms with E-state index in [9.17, 15) is 9.59 Å². The van der Waals surface area contributed by atoms with Crippen LogP contribution in [0.3, 0.4) is 0 Å². The third kappa shape index (κ3) is 4.82. The fraction of sp³-hybridized carbons (Fsp3) is 0.333. The summed E-state index contributed by atoms with van der Waals surface area (Å²) in [7, 11) is 0. The number of hydrogen-bond acceptors (Lipinski definition) is 4. The van der Waals surface area contributed by atoms with Gasteiger partial charge in [0, 0.05) is 10.9 Å². The third-order valence-electron chi connectivity index (χ3n) is 5.11. The Morgan fingerprint density at radius 3 is 2.33 bits per heavy atom. The zero-order valence-electron chi connectivity index (χ0n) is 18.1. The molecule has 0 bridgehead atoms. The van der Waals surface area contributed by atoms with Crippen molar-refractivity contribution in [1.29, 1.82) is 0 Å². The molecule has 0 atom stereocenters. The van der Waals surface area contributed by atoms with E-state index in [0.717, 1.165) is 27.7 Å². The molecule has 0 spiro atoms. The zero-order valence-corrected chi connectivity index (χ0v) is 18.1. The third-order valence-corrected chi connectivity index (χ3v) is 5.11. The molecule has 0 aliphatic heterocycles. The Balaban J connectivity index is 1.57. The average Bonchev–Trinajstić information content (AvgIpc) is 3.06. The van der Waals surface area contributed by atoms with Crippen LogP contribution in [0.5, 0.6) is 5.75 Å². The number of amides is 2. The molecule has 2 aromatic carbocycles. The molecule has 158 valence electrons. The highest BCUT2D eigenvalue weighted by Gasteiger charge is 2.15. The molecule has 3 rings (SSSR count). The second kappa shape index (κ2) is 9.03. The van der Waals surface area contributed by atoms with Crippen LogP contribution >= 0.6 is 0 Å². The van der Waals surface area contributed by atoms with Crippen LogP contribution in [0.15, 0.2) is 41.0 Å². The summed E-state index contributed by atoms with van der Waals surface area (Å²) in [5.41, 5.74) is 10.7. The Morgan fingerprint density at radius 2 is 1.67 bits per heavy atom. The van der Waals surface area contributed by atoms with Gasteiger partial charge in [-0.3, -0.25) is 20.4 Å². The predicted octanol–water partition coefficient (Wildman–Crippen LogP) is 4.25. The number of hydrogen-bond donors (Lipinski definition) is 2. The van der Waals surface area contributed by atoms with Crippen LogP contribution in [0.2, 0.25) is 0 Å². The topological polar surface area (TPSA) is 80.6 Å². The summed E-state index contributed by atoms with van der Waals surface area (Å²) in [6.45, 7) is 9.98. The molecular weight excluding hydrogens is 380 g/mol. The number of hydrazine groups is 1. The van der Waals surface area contributed by atoms with Gasteiger partial charge in [0.05, 0.1) is 12.7 Å². The Kier molecular flexibility index (Phi) is 6.45. The summed E-state index contributed by atoms with van der Waals surface area (Å²) in [4.78, 5) is 24.4. The van der Waals surface area contributed by atoms with Gasteiger partial charge in [-0.25, -0.2) is 0 Å². The molecule has 1 aromatic heterocycles.